The van der Waals surface area contributed by atoms with E-state index in [0.29, 0.717) is 0 Å². The van der Waals surface area contributed by atoms with Crippen molar-refractivity contribution in [2.24, 2.45) is 0 Å². The molecule has 0 N–H and O–H groups in total. The summed E-state index contributed by atoms with van der Waals surface area (Å²) >= 11 is 0. The van der Waals surface area contributed by atoms with Gasteiger partial charge in [-0.15, -0.1) is 4.98 Å². The predicted molar refractivity (Wildman–Crippen MR) is 68.7 cm³/mol. The van der Waals surface area contributed by atoms with Crippen molar-refractivity contribution in [3.63, 3.8) is 0 Å². The van der Waals surface area contributed by atoms with Gasteiger partial charge in [0.25, 0.3) is 0 Å². The van der Waals surface area contributed by atoms with Crippen LogP contribution in [0.4, 0.5) is 0 Å². The zero-order chi connectivity index (χ0) is 12.7. The fourth-order valence-electron chi connectivity index (χ4n) is 2.24. The van der Waals surface area contributed by atoms with E-state index in [1.54, 1.807) is 0 Å². The van der Waals surface area contributed by atoms with Crippen LogP contribution in [0.3, 0.4) is 0 Å². The maximum atomic E-state index is 4.60. The molecule has 0 bridgehead atoms. The topological polar surface area (TPSA) is 34.1 Å². The summed E-state index contributed by atoms with van der Waals surface area (Å²) in [5.41, 5.74) is 3.18. The Bertz CT molecular complexity index is 713. The number of hydrogen-bond donors (Lipinski definition) is 0. The van der Waals surface area contributed by atoms with Gasteiger partial charge in [-0.2, -0.15) is 4.57 Å². The second-order valence-electron chi connectivity index (χ2n) is 4.47. The van der Waals surface area contributed by atoms with Gasteiger partial charge in [0.1, 0.15) is 11.4 Å². The minimum absolute atomic E-state index is 0.858. The van der Waals surface area contributed by atoms with Crippen molar-refractivity contribution in [1.82, 2.24) is 14.6 Å². The third-order valence-electron chi connectivity index (χ3n) is 3.00. The average Bonchev–Trinajstić information content (AvgIpc) is 2.67. The number of rotatable bonds is 1. The van der Waals surface area contributed by atoms with Gasteiger partial charge in [0.2, 0.25) is 5.82 Å². The van der Waals surface area contributed by atoms with Crippen molar-refractivity contribution in [3.8, 4) is 5.69 Å². The highest BCUT2D eigenvalue weighted by atomic mass is 15.4. The molecule has 0 aliphatic rings. The summed E-state index contributed by atoms with van der Waals surface area (Å²) in [6.45, 7) is 6.05. The number of hydrogen-bond acceptors (Lipinski definition) is 2. The lowest BCUT2D eigenvalue weighted by molar-refractivity contribution is -0.578. The number of para-hydroxylation sites is 1. The summed E-state index contributed by atoms with van der Waals surface area (Å²) < 4.78 is 3.95. The van der Waals surface area contributed by atoms with Gasteiger partial charge in [-0.3, -0.25) is 0 Å². The number of benzene rings is 1. The fourth-order valence-corrected chi connectivity index (χ4v) is 2.24. The number of aryl methyl sites for hydroxylation is 3. The van der Waals surface area contributed by atoms with Gasteiger partial charge in [-0.25, -0.2) is 0 Å². The van der Waals surface area contributed by atoms with Crippen LogP contribution in [0.25, 0.3) is 11.5 Å². The molecule has 0 aliphatic heterocycles. The largest absolute Gasteiger partial charge is 0.392 e. The van der Waals surface area contributed by atoms with Crippen molar-refractivity contribution >= 4 is 5.78 Å². The second-order valence-corrected chi connectivity index (χ2v) is 4.47. The summed E-state index contributed by atoms with van der Waals surface area (Å²) in [6.07, 6.45) is 0. The molecule has 3 aromatic rings. The van der Waals surface area contributed by atoms with Crippen molar-refractivity contribution in [2.75, 3.05) is 0 Å². The van der Waals surface area contributed by atoms with Gasteiger partial charge < -0.3 is 0 Å². The smallest absolute Gasteiger partial charge is 0.188 e. The third-order valence-corrected chi connectivity index (χ3v) is 3.00. The van der Waals surface area contributed by atoms with Crippen LogP contribution in [0, 0.1) is 20.8 Å². The Morgan fingerprint density at radius 2 is 1.78 bits per heavy atom. The van der Waals surface area contributed by atoms with Crippen molar-refractivity contribution < 1.29 is 4.57 Å². The molecule has 2 aromatic heterocycles. The van der Waals surface area contributed by atoms with Gasteiger partial charge in [0, 0.05) is 13.0 Å². The Kier molecular flexibility index (Phi) is 2.37. The molecule has 0 aliphatic carbocycles. The molecule has 0 atom stereocenters. The minimum Gasteiger partial charge on any atom is -0.188 e. The van der Waals surface area contributed by atoms with Crippen LogP contribution in [-0.4, -0.2) is 14.6 Å². The fraction of sp³-hybridized carbons (Fsp3) is 0.214. The Labute approximate surface area is 106 Å². The van der Waals surface area contributed by atoms with Crippen LogP contribution < -0.4 is 4.57 Å². The summed E-state index contributed by atoms with van der Waals surface area (Å²) in [5.74, 6) is 1.79. The molecular weight excluding hydrogens is 224 g/mol. The molecule has 0 amide bonds. The number of fused-ring (bicyclic) bond motifs is 1. The zero-order valence-electron chi connectivity index (χ0n) is 10.8. The molecule has 1 aromatic carbocycles. The highest BCUT2D eigenvalue weighted by Crippen LogP contribution is 2.07. The van der Waals surface area contributed by atoms with Gasteiger partial charge in [0.15, 0.2) is 0 Å². The first-order valence-corrected chi connectivity index (χ1v) is 5.98. The van der Waals surface area contributed by atoms with Crippen LogP contribution >= 0.6 is 0 Å². The van der Waals surface area contributed by atoms with Crippen molar-refractivity contribution in [1.29, 1.82) is 0 Å². The molecule has 0 saturated heterocycles. The molecule has 3 rings (SSSR count). The zero-order valence-corrected chi connectivity index (χ0v) is 10.8. The lowest BCUT2D eigenvalue weighted by Gasteiger charge is -1.99. The van der Waals surface area contributed by atoms with Gasteiger partial charge >= 0.3 is 5.78 Å². The van der Waals surface area contributed by atoms with E-state index in [-0.39, 0.29) is 0 Å². The maximum absolute atomic E-state index is 4.60. The van der Waals surface area contributed by atoms with Crippen LogP contribution in [0.5, 0.6) is 0 Å². The van der Waals surface area contributed by atoms with E-state index in [0.717, 1.165) is 28.7 Å². The highest BCUT2D eigenvalue weighted by molar-refractivity contribution is 5.31. The van der Waals surface area contributed by atoms with Crippen molar-refractivity contribution in [2.45, 2.75) is 20.8 Å². The van der Waals surface area contributed by atoms with E-state index in [4.69, 9.17) is 0 Å². The molecule has 0 radical (unpaired) electrons. The van der Waals surface area contributed by atoms with E-state index in [1.807, 2.05) is 49.6 Å². The molecule has 4 nitrogen and oxygen atoms in total. The van der Waals surface area contributed by atoms with E-state index < -0.39 is 0 Å². The highest BCUT2D eigenvalue weighted by Gasteiger charge is 2.20. The SMILES string of the molecule is Cc1cc(C)n2nc(C)[n+](-c3ccccc3)c2n1. The van der Waals surface area contributed by atoms with E-state index in [9.17, 15) is 0 Å². The van der Waals surface area contributed by atoms with Gasteiger partial charge in [-0.05, 0) is 31.1 Å². The van der Waals surface area contributed by atoms with Crippen LogP contribution in [0.1, 0.15) is 17.2 Å². The molecular formula is C14H15N4+. The van der Waals surface area contributed by atoms with Crippen molar-refractivity contribution in [3.05, 3.63) is 53.6 Å². The molecule has 18 heavy (non-hydrogen) atoms. The lowest BCUT2D eigenvalue weighted by atomic mass is 10.3. The Hall–Kier alpha value is -2.23. The summed E-state index contributed by atoms with van der Waals surface area (Å²) in [5, 5.41) is 4.55. The second kappa shape index (κ2) is 3.91. The Balaban J connectivity index is 2.39. The first-order chi connectivity index (χ1) is 8.66. The maximum Gasteiger partial charge on any atom is 0.392 e. The van der Waals surface area contributed by atoms with Crippen LogP contribution in [-0.2, 0) is 0 Å². The molecule has 0 saturated carbocycles. The third kappa shape index (κ3) is 1.57. The first kappa shape index (κ1) is 10.9. The monoisotopic (exact) mass is 239 g/mol. The first-order valence-electron chi connectivity index (χ1n) is 5.98. The molecule has 0 unspecified atom stereocenters. The normalized spacial score (nSPS) is 11.1. The summed E-state index contributed by atoms with van der Waals surface area (Å²) in [7, 11) is 0. The predicted octanol–water partition coefficient (Wildman–Crippen LogP) is 1.93. The minimum atomic E-state index is 0.858. The van der Waals surface area contributed by atoms with E-state index >= 15 is 0 Å². The Morgan fingerprint density at radius 1 is 1.06 bits per heavy atom. The molecule has 2 heterocycles. The number of aromatic nitrogens is 4. The summed E-state index contributed by atoms with van der Waals surface area (Å²) in [4.78, 5) is 4.60. The molecule has 90 valence electrons. The average molecular weight is 239 g/mol. The van der Waals surface area contributed by atoms with Gasteiger partial charge in [0.05, 0.1) is 5.69 Å². The molecule has 0 fully saturated rings. The van der Waals surface area contributed by atoms with Crippen LogP contribution in [0.15, 0.2) is 36.4 Å². The van der Waals surface area contributed by atoms with Crippen LogP contribution in [0.2, 0.25) is 0 Å². The summed E-state index contributed by atoms with van der Waals surface area (Å²) in [6, 6.07) is 12.2. The van der Waals surface area contributed by atoms with E-state index in [1.165, 1.54) is 0 Å². The van der Waals surface area contributed by atoms with E-state index in [2.05, 4.69) is 26.8 Å². The molecule has 4 heteroatoms. The van der Waals surface area contributed by atoms with Gasteiger partial charge in [-0.1, -0.05) is 22.7 Å². The quantitative estimate of drug-likeness (QED) is 0.608. The molecule has 0 spiro atoms. The number of nitrogens with zero attached hydrogens (tertiary/aromatic N) is 4. The Morgan fingerprint density at radius 3 is 2.50 bits per heavy atom. The standard InChI is InChI=1S/C14H15N4/c1-10-9-11(2)18-14(15-10)17(12(3)16-18)13-7-5-4-6-8-13/h4-9H,1-3H3/q+1. The lowest BCUT2D eigenvalue weighted by Crippen LogP contribution is -2.33.